The van der Waals surface area contributed by atoms with Crippen molar-refractivity contribution in [3.63, 3.8) is 0 Å². The number of carbonyl (C=O) groups is 2. The van der Waals surface area contributed by atoms with Gasteiger partial charge in [0, 0.05) is 10.5 Å². The van der Waals surface area contributed by atoms with E-state index < -0.39 is 22.5 Å². The molecule has 1 aromatic rings. The molecule has 0 spiro atoms. The second-order valence-electron chi connectivity index (χ2n) is 3.30. The van der Waals surface area contributed by atoms with Gasteiger partial charge in [0.2, 0.25) is 11.6 Å². The number of Topliss-reactive ketones (excluding diaryl/α,β-unsaturated/α-hetero) is 2. The Morgan fingerprint density at radius 1 is 1.31 bits per heavy atom. The van der Waals surface area contributed by atoms with Gasteiger partial charge in [0.05, 0.1) is 12.7 Å². The molecule has 0 N–H and O–H groups in total. The lowest BCUT2D eigenvalue weighted by atomic mass is 10.1. The van der Waals surface area contributed by atoms with Gasteiger partial charge in [-0.25, -0.2) is 0 Å². The van der Waals surface area contributed by atoms with E-state index in [1.165, 1.54) is 25.3 Å². The second-order valence-corrected chi connectivity index (χ2v) is 3.30. The normalized spacial score (nSPS) is 18.4. The smallest absolute Gasteiger partial charge is 0.336 e. The van der Waals surface area contributed by atoms with Crippen LogP contribution in [0.25, 0.3) is 0 Å². The van der Waals surface area contributed by atoms with E-state index in [-0.39, 0.29) is 16.9 Å². The molecule has 82 valence electrons. The minimum absolute atomic E-state index is 0.0108. The molecule has 0 aliphatic heterocycles. The number of nitro groups is 1. The highest BCUT2D eigenvalue weighted by Crippen LogP contribution is 2.31. The van der Waals surface area contributed by atoms with Crippen molar-refractivity contribution >= 4 is 11.6 Å². The summed E-state index contributed by atoms with van der Waals surface area (Å²) in [7, 11) is 1.34. The van der Waals surface area contributed by atoms with Gasteiger partial charge in [-0.05, 0) is 6.07 Å². The minimum Gasteiger partial charge on any atom is -0.496 e. The molecule has 6 heteroatoms. The lowest BCUT2D eigenvalue weighted by molar-refractivity contribution is -0.488. The zero-order valence-electron chi connectivity index (χ0n) is 8.30. The fraction of sp³-hybridized carbons (Fsp3) is 0.200. The number of rotatable bonds is 2. The summed E-state index contributed by atoms with van der Waals surface area (Å²) in [4.78, 5) is 33.0. The molecule has 6 nitrogen and oxygen atoms in total. The number of methoxy groups -OCH3 is 1. The third-order valence-electron chi connectivity index (χ3n) is 2.47. The highest BCUT2D eigenvalue weighted by molar-refractivity contribution is 6.29. The summed E-state index contributed by atoms with van der Waals surface area (Å²) < 4.78 is 4.91. The van der Waals surface area contributed by atoms with Crippen LogP contribution in [0.1, 0.15) is 20.7 Å². The predicted molar refractivity (Wildman–Crippen MR) is 52.4 cm³/mol. The Morgan fingerprint density at radius 3 is 2.56 bits per heavy atom. The van der Waals surface area contributed by atoms with Crippen LogP contribution >= 0.6 is 0 Å². The third kappa shape index (κ3) is 1.19. The highest BCUT2D eigenvalue weighted by atomic mass is 16.6. The summed E-state index contributed by atoms with van der Waals surface area (Å²) in [6.45, 7) is 0. The first-order valence-corrected chi connectivity index (χ1v) is 4.47. The number of ketones is 2. The predicted octanol–water partition coefficient (Wildman–Crippen LogP) is 0.719. The van der Waals surface area contributed by atoms with Crippen molar-refractivity contribution in [3.05, 3.63) is 39.4 Å². The summed E-state index contributed by atoms with van der Waals surface area (Å²) in [5.41, 5.74) is 0.0720. The van der Waals surface area contributed by atoms with Gasteiger partial charge in [0.1, 0.15) is 5.75 Å². The quantitative estimate of drug-likeness (QED) is 0.417. The maximum Gasteiger partial charge on any atom is 0.336 e. The Kier molecular flexibility index (Phi) is 2.19. The van der Waals surface area contributed by atoms with Gasteiger partial charge < -0.3 is 4.74 Å². The van der Waals surface area contributed by atoms with Gasteiger partial charge in [-0.15, -0.1) is 0 Å². The molecule has 0 amide bonds. The van der Waals surface area contributed by atoms with Crippen molar-refractivity contribution in [2.24, 2.45) is 0 Å². The van der Waals surface area contributed by atoms with Crippen LogP contribution in [0.3, 0.4) is 0 Å². The monoisotopic (exact) mass is 221 g/mol. The van der Waals surface area contributed by atoms with Gasteiger partial charge in [-0.1, -0.05) is 12.1 Å². The summed E-state index contributed by atoms with van der Waals surface area (Å²) in [6, 6.07) is 2.59. The molecule has 0 bridgehead atoms. The van der Waals surface area contributed by atoms with E-state index in [1.807, 2.05) is 0 Å². The largest absolute Gasteiger partial charge is 0.496 e. The van der Waals surface area contributed by atoms with Gasteiger partial charge in [-0.3, -0.25) is 19.7 Å². The molecule has 0 fully saturated rings. The molecule has 0 saturated heterocycles. The van der Waals surface area contributed by atoms with Crippen molar-refractivity contribution in [2.75, 3.05) is 7.11 Å². The summed E-state index contributed by atoms with van der Waals surface area (Å²) in [5.74, 6) is -1.38. The maximum absolute atomic E-state index is 11.7. The van der Waals surface area contributed by atoms with Crippen LogP contribution in [0.2, 0.25) is 0 Å². The van der Waals surface area contributed by atoms with Crippen LogP contribution in [0, 0.1) is 10.1 Å². The van der Waals surface area contributed by atoms with Crippen LogP contribution in [0.4, 0.5) is 0 Å². The molecule has 0 heterocycles. The van der Waals surface area contributed by atoms with Crippen molar-refractivity contribution in [1.29, 1.82) is 0 Å². The van der Waals surface area contributed by atoms with E-state index in [9.17, 15) is 19.7 Å². The number of carbonyl (C=O) groups excluding carboxylic acids is 2. The van der Waals surface area contributed by atoms with E-state index in [0.717, 1.165) is 0 Å². The molecule has 1 aromatic carbocycles. The molecular weight excluding hydrogens is 214 g/mol. The Hall–Kier alpha value is -2.24. The summed E-state index contributed by atoms with van der Waals surface area (Å²) in [6.07, 6.45) is 0. The Labute approximate surface area is 90.0 Å². The van der Waals surface area contributed by atoms with Crippen molar-refractivity contribution in [1.82, 2.24) is 0 Å². The number of fused-ring (bicyclic) bond motifs is 1. The van der Waals surface area contributed by atoms with Gasteiger partial charge in [0.15, 0.2) is 0 Å². The van der Waals surface area contributed by atoms with Crippen LogP contribution in [0.5, 0.6) is 5.75 Å². The zero-order valence-corrected chi connectivity index (χ0v) is 8.30. The molecule has 2 rings (SSSR count). The van der Waals surface area contributed by atoms with Crippen molar-refractivity contribution in [2.45, 2.75) is 6.04 Å². The van der Waals surface area contributed by atoms with Gasteiger partial charge in [-0.2, -0.15) is 0 Å². The molecule has 1 unspecified atom stereocenters. The van der Waals surface area contributed by atoms with Gasteiger partial charge >= 0.3 is 6.04 Å². The second kappa shape index (κ2) is 3.41. The molecule has 0 radical (unpaired) electrons. The van der Waals surface area contributed by atoms with E-state index in [1.54, 1.807) is 0 Å². The molecule has 0 aromatic heterocycles. The number of benzene rings is 1. The van der Waals surface area contributed by atoms with Crippen LogP contribution in [0.15, 0.2) is 18.2 Å². The van der Waals surface area contributed by atoms with Crippen LogP contribution < -0.4 is 4.74 Å². The average molecular weight is 221 g/mol. The summed E-state index contributed by atoms with van der Waals surface area (Å²) in [5, 5.41) is 10.6. The first kappa shape index (κ1) is 10.3. The standard InChI is InChI=1S/C10H7NO5/c1-16-6-4-2-3-5-7(6)10(13)8(9(5)12)11(14)15/h2-4,8H,1H3. The highest BCUT2D eigenvalue weighted by Gasteiger charge is 2.49. The topological polar surface area (TPSA) is 86.5 Å². The summed E-state index contributed by atoms with van der Waals surface area (Å²) >= 11 is 0. The molecule has 0 saturated carbocycles. The number of hydrogen-bond acceptors (Lipinski definition) is 5. The third-order valence-corrected chi connectivity index (χ3v) is 2.47. The first-order chi connectivity index (χ1) is 7.57. The van der Waals surface area contributed by atoms with Gasteiger partial charge in [0.25, 0.3) is 0 Å². The molecule has 1 atom stereocenters. The average Bonchev–Trinajstić information content (AvgIpc) is 2.51. The SMILES string of the molecule is COc1cccc2c1C(=O)C([N+](=O)[O-])C2=O. The van der Waals surface area contributed by atoms with Crippen LogP contribution in [-0.4, -0.2) is 29.6 Å². The fourth-order valence-electron chi connectivity index (χ4n) is 1.76. The Bertz CT molecular complexity index is 508. The maximum atomic E-state index is 11.7. The lowest BCUT2D eigenvalue weighted by Crippen LogP contribution is -2.31. The molecule has 1 aliphatic rings. The molecule has 1 aliphatic carbocycles. The molecular formula is C10H7NO5. The van der Waals surface area contributed by atoms with Crippen molar-refractivity contribution < 1.29 is 19.2 Å². The number of ether oxygens (including phenoxy) is 1. The van der Waals surface area contributed by atoms with E-state index in [4.69, 9.17) is 4.74 Å². The van der Waals surface area contributed by atoms with E-state index in [0.29, 0.717) is 0 Å². The molecule has 16 heavy (non-hydrogen) atoms. The fourth-order valence-corrected chi connectivity index (χ4v) is 1.76. The van der Waals surface area contributed by atoms with E-state index in [2.05, 4.69) is 0 Å². The number of hydrogen-bond donors (Lipinski definition) is 0. The minimum atomic E-state index is -1.81. The Balaban J connectivity index is 2.64. The zero-order chi connectivity index (χ0) is 11.9. The Morgan fingerprint density at radius 2 is 2.00 bits per heavy atom. The van der Waals surface area contributed by atoms with E-state index >= 15 is 0 Å². The van der Waals surface area contributed by atoms with Crippen molar-refractivity contribution in [3.8, 4) is 5.75 Å². The van der Waals surface area contributed by atoms with Crippen LogP contribution in [-0.2, 0) is 0 Å². The lowest BCUT2D eigenvalue weighted by Gasteiger charge is -2.02. The number of nitrogens with zero attached hydrogens (tertiary/aromatic N) is 1. The first-order valence-electron chi connectivity index (χ1n) is 4.47.